The second-order valence-corrected chi connectivity index (χ2v) is 4.87. The van der Waals surface area contributed by atoms with Crippen LogP contribution in [-0.4, -0.2) is 34.6 Å². The van der Waals surface area contributed by atoms with Gasteiger partial charge >= 0.3 is 5.97 Å². The lowest BCUT2D eigenvalue weighted by Crippen LogP contribution is -2.44. The fourth-order valence-electron chi connectivity index (χ4n) is 1.81. The van der Waals surface area contributed by atoms with Crippen molar-refractivity contribution in [1.82, 2.24) is 10.6 Å². The van der Waals surface area contributed by atoms with E-state index in [1.165, 1.54) is 6.92 Å². The van der Waals surface area contributed by atoms with Gasteiger partial charge in [0.05, 0.1) is 11.4 Å². The highest BCUT2D eigenvalue weighted by atomic mass is 16.4. The van der Waals surface area contributed by atoms with E-state index in [2.05, 4.69) is 10.6 Å². The summed E-state index contributed by atoms with van der Waals surface area (Å²) >= 11 is 0. The Bertz CT molecular complexity index is 548. The van der Waals surface area contributed by atoms with Crippen LogP contribution in [0.5, 0.6) is 0 Å². The average Bonchev–Trinajstić information content (AvgIpc) is 2.39. The molecule has 7 heteroatoms. The Morgan fingerprint density at radius 2 is 1.71 bits per heavy atom. The smallest absolute Gasteiger partial charge is 0.326 e. The van der Waals surface area contributed by atoms with Crippen molar-refractivity contribution in [2.75, 3.05) is 0 Å². The monoisotopic (exact) mass is 294 g/mol. The predicted molar refractivity (Wildman–Crippen MR) is 74.0 cm³/mol. The van der Waals surface area contributed by atoms with Crippen molar-refractivity contribution >= 4 is 23.4 Å². The molecule has 3 N–H and O–H groups in total. The van der Waals surface area contributed by atoms with Crippen molar-refractivity contribution in [3.63, 3.8) is 0 Å². The molecule has 0 aromatic carbocycles. The summed E-state index contributed by atoms with van der Waals surface area (Å²) in [4.78, 5) is 45.8. The normalized spacial score (nSPS) is 17.5. The molecule has 1 amide bonds. The van der Waals surface area contributed by atoms with Gasteiger partial charge in [-0.15, -0.1) is 0 Å². The zero-order valence-electron chi connectivity index (χ0n) is 12.1. The molecule has 1 rings (SSSR count). The standard InChI is InChI=1S/C14H18N2O5/c1-4-7(2)13(14(20)21)16-10-6-11(18)9(5-12(10)19)15-8(3)17/h5-7,13,16H,4H2,1-3H3,(H,15,17)(H,20,21)/t7-,13+/m1/s1. The van der Waals surface area contributed by atoms with Gasteiger partial charge in [0.15, 0.2) is 0 Å². The van der Waals surface area contributed by atoms with E-state index in [0.717, 1.165) is 12.2 Å². The molecule has 1 aliphatic carbocycles. The van der Waals surface area contributed by atoms with Gasteiger partial charge in [0, 0.05) is 19.1 Å². The van der Waals surface area contributed by atoms with Crippen LogP contribution in [0.1, 0.15) is 27.2 Å². The first-order valence-corrected chi connectivity index (χ1v) is 6.55. The van der Waals surface area contributed by atoms with Crippen molar-refractivity contribution < 1.29 is 24.3 Å². The van der Waals surface area contributed by atoms with Crippen LogP contribution in [0, 0.1) is 5.92 Å². The summed E-state index contributed by atoms with van der Waals surface area (Å²) < 4.78 is 0. The number of rotatable bonds is 6. The van der Waals surface area contributed by atoms with Crippen LogP contribution in [0.4, 0.5) is 0 Å². The summed E-state index contributed by atoms with van der Waals surface area (Å²) in [6, 6.07) is -0.964. The third kappa shape index (κ3) is 4.27. The Hall–Kier alpha value is -2.44. The lowest BCUT2D eigenvalue weighted by Gasteiger charge is -2.23. The first-order chi connectivity index (χ1) is 9.76. The summed E-state index contributed by atoms with van der Waals surface area (Å²) in [6.07, 6.45) is 2.60. The number of carboxylic acid groups (broad SMARTS) is 1. The zero-order chi connectivity index (χ0) is 16.2. The van der Waals surface area contributed by atoms with E-state index in [0.29, 0.717) is 6.42 Å². The summed E-state index contributed by atoms with van der Waals surface area (Å²) in [5.74, 6) is -2.88. The third-order valence-electron chi connectivity index (χ3n) is 3.18. The van der Waals surface area contributed by atoms with Gasteiger partial charge in [0.2, 0.25) is 17.5 Å². The minimum Gasteiger partial charge on any atom is -0.480 e. The van der Waals surface area contributed by atoms with Gasteiger partial charge in [-0.2, -0.15) is 0 Å². The van der Waals surface area contributed by atoms with Gasteiger partial charge in [-0.05, 0) is 5.92 Å². The largest absolute Gasteiger partial charge is 0.480 e. The summed E-state index contributed by atoms with van der Waals surface area (Å²) in [6.45, 7) is 4.79. The van der Waals surface area contributed by atoms with E-state index < -0.39 is 29.5 Å². The number of nitrogens with one attached hydrogen (secondary N) is 2. The Morgan fingerprint density at radius 3 is 2.19 bits per heavy atom. The van der Waals surface area contributed by atoms with E-state index >= 15 is 0 Å². The molecule has 0 unspecified atom stereocenters. The summed E-state index contributed by atoms with van der Waals surface area (Å²) in [5, 5.41) is 14.0. The molecule has 0 aromatic rings. The van der Waals surface area contributed by atoms with E-state index in [1.807, 2.05) is 6.92 Å². The van der Waals surface area contributed by atoms with E-state index in [4.69, 9.17) is 0 Å². The molecular weight excluding hydrogens is 276 g/mol. The number of amides is 1. The lowest BCUT2D eigenvalue weighted by molar-refractivity contribution is -0.140. The number of allylic oxidation sites excluding steroid dienone is 2. The maximum absolute atomic E-state index is 11.9. The van der Waals surface area contributed by atoms with Gasteiger partial charge in [-0.3, -0.25) is 14.4 Å². The first-order valence-electron chi connectivity index (χ1n) is 6.55. The molecule has 0 heterocycles. The maximum Gasteiger partial charge on any atom is 0.326 e. The Balaban J connectivity index is 2.91. The van der Waals surface area contributed by atoms with Crippen molar-refractivity contribution in [3.8, 4) is 0 Å². The number of hydrogen-bond acceptors (Lipinski definition) is 5. The van der Waals surface area contributed by atoms with Crippen LogP contribution >= 0.6 is 0 Å². The van der Waals surface area contributed by atoms with Gasteiger partial charge in [-0.1, -0.05) is 20.3 Å². The van der Waals surface area contributed by atoms with Crippen molar-refractivity contribution in [2.45, 2.75) is 33.2 Å². The minimum atomic E-state index is -1.10. The number of carboxylic acids is 1. The van der Waals surface area contributed by atoms with Gasteiger partial charge in [0.25, 0.3) is 0 Å². The molecule has 114 valence electrons. The van der Waals surface area contributed by atoms with E-state index in [-0.39, 0.29) is 17.3 Å². The maximum atomic E-state index is 11.9. The molecule has 0 aliphatic heterocycles. The van der Waals surface area contributed by atoms with Crippen LogP contribution in [0.15, 0.2) is 23.5 Å². The number of hydrogen-bond donors (Lipinski definition) is 3. The van der Waals surface area contributed by atoms with Gasteiger partial charge in [0.1, 0.15) is 6.04 Å². The molecule has 0 bridgehead atoms. The van der Waals surface area contributed by atoms with Crippen molar-refractivity contribution in [2.24, 2.45) is 5.92 Å². The number of carbonyl (C=O) groups excluding carboxylic acids is 3. The highest BCUT2D eigenvalue weighted by Gasteiger charge is 2.28. The van der Waals surface area contributed by atoms with E-state index in [9.17, 15) is 24.3 Å². The number of aliphatic carboxylic acids is 1. The average molecular weight is 294 g/mol. The Labute approximate surface area is 122 Å². The molecule has 0 spiro atoms. The molecule has 21 heavy (non-hydrogen) atoms. The fourth-order valence-corrected chi connectivity index (χ4v) is 1.81. The second-order valence-electron chi connectivity index (χ2n) is 4.87. The Kier molecular flexibility index (Phi) is 5.40. The van der Waals surface area contributed by atoms with Crippen molar-refractivity contribution in [3.05, 3.63) is 23.5 Å². The SMILES string of the molecule is CC[C@@H](C)[C@H](NC1=CC(=O)C(NC(C)=O)=CC1=O)C(=O)O. The predicted octanol–water partition coefficient (Wildman–Crippen LogP) is 0.131. The van der Waals surface area contributed by atoms with Gasteiger partial charge in [-0.25, -0.2) is 4.79 Å². The summed E-state index contributed by atoms with van der Waals surface area (Å²) in [5.41, 5.74) is -0.199. The highest BCUT2D eigenvalue weighted by molar-refractivity contribution is 6.20. The third-order valence-corrected chi connectivity index (χ3v) is 3.18. The van der Waals surface area contributed by atoms with E-state index in [1.54, 1.807) is 6.92 Å². The molecule has 0 saturated heterocycles. The highest BCUT2D eigenvalue weighted by Crippen LogP contribution is 2.13. The molecule has 0 fully saturated rings. The topological polar surface area (TPSA) is 113 Å². The molecule has 0 radical (unpaired) electrons. The van der Waals surface area contributed by atoms with Crippen LogP contribution in [0.3, 0.4) is 0 Å². The molecule has 1 aliphatic rings. The van der Waals surface area contributed by atoms with Crippen LogP contribution in [-0.2, 0) is 19.2 Å². The lowest BCUT2D eigenvalue weighted by atomic mass is 9.97. The van der Waals surface area contributed by atoms with Crippen molar-refractivity contribution in [1.29, 1.82) is 0 Å². The Morgan fingerprint density at radius 1 is 1.19 bits per heavy atom. The molecule has 2 atom stereocenters. The first kappa shape index (κ1) is 16.6. The molecular formula is C14H18N2O5. The molecule has 0 aromatic heterocycles. The van der Waals surface area contributed by atoms with Crippen LogP contribution < -0.4 is 10.6 Å². The van der Waals surface area contributed by atoms with Gasteiger partial charge < -0.3 is 15.7 Å². The minimum absolute atomic E-state index is 0.0817. The number of carbonyl (C=O) groups is 4. The molecule has 7 nitrogen and oxygen atoms in total. The quantitative estimate of drug-likeness (QED) is 0.600. The molecule has 0 saturated carbocycles. The fraction of sp³-hybridized carbons (Fsp3) is 0.429. The second kappa shape index (κ2) is 6.83. The van der Waals surface area contributed by atoms with Crippen LogP contribution in [0.2, 0.25) is 0 Å². The van der Waals surface area contributed by atoms with Crippen LogP contribution in [0.25, 0.3) is 0 Å². The number of ketones is 2. The zero-order valence-corrected chi connectivity index (χ0v) is 12.1. The summed E-state index contributed by atoms with van der Waals surface area (Å²) in [7, 11) is 0.